The Balaban J connectivity index is 0.000000158. The number of nitriles is 2. The molecule has 0 amide bonds. The third-order valence-electron chi connectivity index (χ3n) is 12.2. The van der Waals surface area contributed by atoms with Crippen LogP contribution in [-0.2, 0) is 20.6 Å². The lowest BCUT2D eigenvalue weighted by Gasteiger charge is -2.34. The van der Waals surface area contributed by atoms with E-state index in [0.717, 1.165) is 11.1 Å². The minimum Gasteiger partial charge on any atom is -0.493 e. The molecule has 0 aromatic heterocycles. The maximum Gasteiger partial charge on any atom is 0.283 e. The van der Waals surface area contributed by atoms with Crippen LogP contribution in [0.25, 0.3) is 0 Å². The summed E-state index contributed by atoms with van der Waals surface area (Å²) in [5, 5.41) is 24.8. The molecular weight excluding hydrogens is 819 g/mol. The Bertz CT molecular complexity index is 2410. The van der Waals surface area contributed by atoms with E-state index in [0.29, 0.717) is 72.9 Å². The molecule has 8 atom stereocenters. The Labute approximate surface area is 351 Å². The van der Waals surface area contributed by atoms with Gasteiger partial charge in [-0.3, -0.25) is 0 Å². The monoisotopic (exact) mass is 856 g/mol. The fourth-order valence-corrected chi connectivity index (χ4v) is 9.06. The van der Waals surface area contributed by atoms with E-state index in [-0.39, 0.29) is 35.3 Å². The smallest absolute Gasteiger partial charge is 0.283 e. The van der Waals surface area contributed by atoms with E-state index in [1.54, 1.807) is 36.4 Å². The van der Waals surface area contributed by atoms with Crippen LogP contribution in [0.5, 0.6) is 11.5 Å². The molecule has 4 aliphatic heterocycles. The van der Waals surface area contributed by atoms with Gasteiger partial charge in [0.25, 0.3) is 24.9 Å². The first-order chi connectivity index (χ1) is 29.8. The molecule has 2 fully saturated rings. The van der Waals surface area contributed by atoms with Crippen molar-refractivity contribution in [3.63, 3.8) is 0 Å². The normalized spacial score (nSPS) is 28.4. The first-order valence-electron chi connectivity index (χ1n) is 19.9. The molecule has 6 N–H and O–H groups in total. The van der Waals surface area contributed by atoms with Gasteiger partial charge in [0.1, 0.15) is 35.3 Å². The Hall–Kier alpha value is -6.82. The number of alkyl halides is 4. The van der Waals surface area contributed by atoms with Crippen molar-refractivity contribution in [1.29, 1.82) is 10.5 Å². The van der Waals surface area contributed by atoms with E-state index in [1.807, 2.05) is 0 Å². The number of amidine groups is 2. The fraction of sp³-hybridized carbons (Fsp3) is 0.364. The number of ether oxygens (including phenoxy) is 4. The lowest BCUT2D eigenvalue weighted by Crippen LogP contribution is -2.43. The van der Waals surface area contributed by atoms with Crippen LogP contribution in [-0.4, -0.2) is 50.3 Å². The van der Waals surface area contributed by atoms with E-state index in [9.17, 15) is 26.3 Å². The average Bonchev–Trinajstić information content (AvgIpc) is 4.21. The molecular formula is C44H38F6N8O4. The van der Waals surface area contributed by atoms with Crippen molar-refractivity contribution in [2.75, 3.05) is 23.8 Å². The summed E-state index contributed by atoms with van der Waals surface area (Å²) in [6, 6.07) is 21.5. The van der Waals surface area contributed by atoms with Gasteiger partial charge in [-0.15, -0.1) is 0 Å². The van der Waals surface area contributed by atoms with Crippen LogP contribution in [0.15, 0.2) is 82.8 Å². The lowest BCUT2D eigenvalue weighted by molar-refractivity contribution is 0.0176. The van der Waals surface area contributed by atoms with Crippen molar-refractivity contribution in [3.05, 3.63) is 118 Å². The van der Waals surface area contributed by atoms with Gasteiger partial charge in [0.2, 0.25) is 0 Å². The third kappa shape index (κ3) is 7.06. The molecule has 0 spiro atoms. The molecule has 6 aliphatic rings. The highest BCUT2D eigenvalue weighted by molar-refractivity contribution is 5.75. The summed E-state index contributed by atoms with van der Waals surface area (Å²) in [4.78, 5) is 7.83. The molecule has 62 heavy (non-hydrogen) atoms. The average molecular weight is 857 g/mol. The summed E-state index contributed by atoms with van der Waals surface area (Å²) in [5.74, 6) is -1.59. The number of aliphatic imine (C=N–C) groups is 2. The summed E-state index contributed by atoms with van der Waals surface area (Å²) in [6.45, 7) is 0.854. The summed E-state index contributed by atoms with van der Waals surface area (Å²) in [5.41, 5.74) is 10.4. The quantitative estimate of drug-likeness (QED) is 0.128. The molecule has 4 heterocycles. The Morgan fingerprint density at radius 1 is 0.629 bits per heavy atom. The van der Waals surface area contributed by atoms with Gasteiger partial charge in [-0.05, 0) is 73.5 Å². The van der Waals surface area contributed by atoms with Gasteiger partial charge in [-0.2, -0.15) is 10.5 Å². The van der Waals surface area contributed by atoms with Crippen LogP contribution in [0.1, 0.15) is 71.1 Å². The molecule has 0 saturated heterocycles. The maximum absolute atomic E-state index is 14.8. The zero-order valence-electron chi connectivity index (χ0n) is 32.6. The van der Waals surface area contributed by atoms with Crippen LogP contribution in [0.4, 0.5) is 37.7 Å². The molecule has 0 unspecified atom stereocenters. The van der Waals surface area contributed by atoms with Crippen LogP contribution >= 0.6 is 0 Å². The molecule has 4 aromatic carbocycles. The van der Waals surface area contributed by atoms with E-state index in [1.165, 1.54) is 36.4 Å². The second-order valence-electron chi connectivity index (χ2n) is 15.9. The van der Waals surface area contributed by atoms with Crippen molar-refractivity contribution >= 4 is 23.4 Å². The van der Waals surface area contributed by atoms with Crippen LogP contribution in [0.2, 0.25) is 0 Å². The number of halogens is 6. The number of nitrogens with one attached hydrogen (secondary N) is 2. The number of anilines is 2. The number of nitrogens with zero attached hydrogens (tertiary/aromatic N) is 4. The van der Waals surface area contributed by atoms with Crippen molar-refractivity contribution in [2.45, 2.75) is 73.9 Å². The van der Waals surface area contributed by atoms with E-state index >= 15 is 0 Å². The standard InChI is InChI=1S/2C22H19F3N4O2/c2*23-16-4-2-12(28-17-5-6-30-18-7-11(10-26)1-3-13(17)18)8-14(16)22(20(24)25)15-9-19(15)31-21(27)29-22/h2*1-4,7-8,15,17,19-20,28H,5-6,9H2,(H2,27,29)/t15-,17+,19+,22+;15-,17-,19+,22+/m00/s1. The largest absolute Gasteiger partial charge is 0.493 e. The van der Waals surface area contributed by atoms with E-state index < -0.39 is 59.6 Å². The highest BCUT2D eigenvalue weighted by atomic mass is 19.3. The SMILES string of the molecule is N#Cc1ccc2c(c1)OCC[C@@H]2Nc1ccc(F)c([C@@]2(C(F)F)N=C(N)O[C@@H]3C[C@@H]32)c1.N#Cc1ccc2c(c1)OCC[C@H]2Nc1ccc(F)c([C@@]2(C(F)F)N=C(N)O[C@@H]3C[C@@H]32)c1. The minimum absolute atomic E-state index is 0.186. The van der Waals surface area contributed by atoms with Gasteiger partial charge in [-0.1, -0.05) is 12.1 Å². The van der Waals surface area contributed by atoms with Gasteiger partial charge in [0.15, 0.2) is 11.1 Å². The third-order valence-corrected chi connectivity index (χ3v) is 12.2. The van der Waals surface area contributed by atoms with Gasteiger partial charge in [-0.25, -0.2) is 36.3 Å². The Morgan fingerprint density at radius 3 is 1.44 bits per heavy atom. The van der Waals surface area contributed by atoms with Crippen LogP contribution < -0.4 is 31.6 Å². The molecule has 4 aromatic rings. The summed E-state index contributed by atoms with van der Waals surface area (Å²) >= 11 is 0. The highest BCUT2D eigenvalue weighted by Crippen LogP contribution is 2.58. The second-order valence-corrected chi connectivity index (χ2v) is 15.9. The summed E-state index contributed by atoms with van der Waals surface area (Å²) in [6.07, 6.45) is -4.89. The van der Waals surface area contributed by atoms with Gasteiger partial charge in [0.05, 0.1) is 48.6 Å². The van der Waals surface area contributed by atoms with Gasteiger partial charge >= 0.3 is 0 Å². The van der Waals surface area contributed by atoms with Gasteiger partial charge < -0.3 is 41.0 Å². The number of benzene rings is 4. The Kier molecular flexibility index (Phi) is 10.2. The van der Waals surface area contributed by atoms with Crippen LogP contribution in [0.3, 0.4) is 0 Å². The second kappa shape index (κ2) is 15.6. The molecule has 0 bridgehead atoms. The topological polar surface area (TPSA) is 185 Å². The fourth-order valence-electron chi connectivity index (χ4n) is 9.06. The molecule has 10 rings (SSSR count). The van der Waals surface area contributed by atoms with E-state index in [4.69, 9.17) is 40.9 Å². The summed E-state index contributed by atoms with van der Waals surface area (Å²) in [7, 11) is 0. The van der Waals surface area contributed by atoms with Crippen molar-refractivity contribution in [2.24, 2.45) is 33.3 Å². The van der Waals surface area contributed by atoms with Crippen LogP contribution in [0, 0.1) is 46.1 Å². The first-order valence-corrected chi connectivity index (χ1v) is 19.9. The number of hydrogen-bond donors (Lipinski definition) is 4. The zero-order chi connectivity index (χ0) is 43.5. The predicted octanol–water partition coefficient (Wildman–Crippen LogP) is 7.65. The van der Waals surface area contributed by atoms with Crippen molar-refractivity contribution in [3.8, 4) is 23.6 Å². The predicted molar refractivity (Wildman–Crippen MR) is 213 cm³/mol. The number of hydrogen-bond acceptors (Lipinski definition) is 12. The van der Waals surface area contributed by atoms with E-state index in [2.05, 4.69) is 32.8 Å². The van der Waals surface area contributed by atoms with Crippen molar-refractivity contribution < 1.29 is 45.3 Å². The first kappa shape index (κ1) is 40.6. The molecule has 18 heteroatoms. The minimum atomic E-state index is -2.94. The molecule has 320 valence electrons. The number of fused-ring (bicyclic) bond motifs is 4. The lowest BCUT2D eigenvalue weighted by atomic mass is 9.84. The Morgan fingerprint density at radius 2 is 1.05 bits per heavy atom. The molecule has 12 nitrogen and oxygen atoms in total. The van der Waals surface area contributed by atoms with Gasteiger partial charge in [0, 0.05) is 58.3 Å². The molecule has 0 radical (unpaired) electrons. The molecule has 2 aliphatic carbocycles. The number of rotatable bonds is 8. The molecule has 2 saturated carbocycles. The van der Waals surface area contributed by atoms with Crippen molar-refractivity contribution in [1.82, 2.24) is 0 Å². The zero-order valence-corrected chi connectivity index (χ0v) is 32.6. The summed E-state index contributed by atoms with van der Waals surface area (Å²) < 4.78 is 109. The highest BCUT2D eigenvalue weighted by Gasteiger charge is 2.65. The number of nitrogens with two attached hydrogens (primary N) is 2. The maximum atomic E-state index is 14.8.